The number of hydrogen-bond donors (Lipinski definition) is 4. The van der Waals surface area contributed by atoms with Crippen LogP contribution in [0.1, 0.15) is 19.4 Å². The maximum atomic E-state index is 9.25. The topological polar surface area (TPSA) is 83.3 Å². The van der Waals surface area contributed by atoms with Crippen molar-refractivity contribution in [2.75, 3.05) is 38.0 Å². The fraction of sp³-hybridized carbons (Fsp3) is 0.467. The molecule has 0 bridgehead atoms. The van der Waals surface area contributed by atoms with Crippen LogP contribution in [0, 0.1) is 11.3 Å². The van der Waals surface area contributed by atoms with Crippen LogP contribution in [0.25, 0.3) is 0 Å². The molecule has 7 heteroatoms. The number of hydrogen-bond acceptors (Lipinski definition) is 5. The molecule has 4 N–H and O–H groups in total. The summed E-state index contributed by atoms with van der Waals surface area (Å²) in [5.41, 5.74) is 1.53. The van der Waals surface area contributed by atoms with Crippen LogP contribution in [0.2, 0.25) is 0 Å². The van der Waals surface area contributed by atoms with Gasteiger partial charge in [-0.3, -0.25) is 4.90 Å². The summed E-state index contributed by atoms with van der Waals surface area (Å²) in [5.74, 6) is 0. The number of rotatable bonds is 6. The second kappa shape index (κ2) is 7.94. The zero-order chi connectivity index (χ0) is 16.8. The van der Waals surface area contributed by atoms with Crippen LogP contribution in [-0.2, 0) is 0 Å². The molecule has 1 aromatic carbocycles. The first kappa shape index (κ1) is 18.2. The first-order chi connectivity index (χ1) is 10.3. The van der Waals surface area contributed by atoms with E-state index in [-0.39, 0.29) is 6.61 Å². The third-order valence-corrected chi connectivity index (χ3v) is 3.03. The molecule has 0 saturated carbocycles. The third kappa shape index (κ3) is 5.85. The summed E-state index contributed by atoms with van der Waals surface area (Å²) < 4.78 is 0. The van der Waals surface area contributed by atoms with Crippen LogP contribution in [0.5, 0.6) is 0 Å². The Morgan fingerprint density at radius 3 is 2.64 bits per heavy atom. The molecule has 0 amide bonds. The van der Waals surface area contributed by atoms with Crippen molar-refractivity contribution in [2.24, 2.45) is 0 Å². The van der Waals surface area contributed by atoms with Gasteiger partial charge in [0.05, 0.1) is 30.1 Å². The van der Waals surface area contributed by atoms with E-state index in [9.17, 15) is 10.4 Å². The minimum absolute atomic E-state index is 0.0361. The van der Waals surface area contributed by atoms with E-state index in [1.165, 1.54) is 0 Å². The predicted octanol–water partition coefficient (Wildman–Crippen LogP) is 1.55. The Bertz CT molecular complexity index is 566. The summed E-state index contributed by atoms with van der Waals surface area (Å²) in [6, 6.07) is 7.59. The van der Waals surface area contributed by atoms with Gasteiger partial charge in [0.1, 0.15) is 6.07 Å². The van der Waals surface area contributed by atoms with Gasteiger partial charge in [0.25, 0.3) is 0 Å². The maximum Gasteiger partial charge on any atom is 0.171 e. The van der Waals surface area contributed by atoms with Crippen molar-refractivity contribution in [3.05, 3.63) is 23.8 Å². The molecule has 0 aliphatic rings. The number of benzene rings is 1. The van der Waals surface area contributed by atoms with Gasteiger partial charge in [0.2, 0.25) is 0 Å². The van der Waals surface area contributed by atoms with Crippen molar-refractivity contribution in [1.29, 1.82) is 5.26 Å². The summed E-state index contributed by atoms with van der Waals surface area (Å²) in [7, 11) is 3.89. The molecule has 0 aromatic heterocycles. The lowest BCUT2D eigenvalue weighted by molar-refractivity contribution is 0.207. The molecule has 0 aliphatic heterocycles. The van der Waals surface area contributed by atoms with Gasteiger partial charge in [-0.1, -0.05) is 0 Å². The maximum absolute atomic E-state index is 9.25. The highest BCUT2D eigenvalue weighted by molar-refractivity contribution is 7.80. The van der Waals surface area contributed by atoms with Crippen LogP contribution in [0.15, 0.2) is 18.2 Å². The molecule has 1 rings (SSSR count). The molecule has 0 spiro atoms. The van der Waals surface area contributed by atoms with Gasteiger partial charge < -0.3 is 21.1 Å². The Hall–Kier alpha value is -1.88. The van der Waals surface area contributed by atoms with Crippen molar-refractivity contribution < 1.29 is 5.11 Å². The first-order valence-electron chi connectivity index (χ1n) is 6.90. The Morgan fingerprint density at radius 2 is 2.09 bits per heavy atom. The second-order valence-corrected chi connectivity index (χ2v) is 6.32. The number of nitrogens with zero attached hydrogens (tertiary/aromatic N) is 2. The van der Waals surface area contributed by atoms with Gasteiger partial charge in [-0.25, -0.2) is 0 Å². The lowest BCUT2D eigenvalue weighted by Gasteiger charge is -2.25. The average molecular weight is 321 g/mol. The van der Waals surface area contributed by atoms with E-state index in [0.717, 1.165) is 11.4 Å². The summed E-state index contributed by atoms with van der Waals surface area (Å²) in [6.45, 7) is 4.30. The fourth-order valence-corrected chi connectivity index (χ4v) is 2.02. The molecule has 22 heavy (non-hydrogen) atoms. The SMILES string of the molecule is CN(C)CNc1ccc(NC(=S)NC(C)(C)CO)cc1C#N. The van der Waals surface area contributed by atoms with E-state index >= 15 is 0 Å². The first-order valence-corrected chi connectivity index (χ1v) is 7.31. The van der Waals surface area contributed by atoms with Gasteiger partial charge in [0.15, 0.2) is 5.11 Å². The summed E-state index contributed by atoms with van der Waals surface area (Å²) >= 11 is 5.21. The summed E-state index contributed by atoms with van der Waals surface area (Å²) in [4.78, 5) is 1.98. The van der Waals surface area contributed by atoms with Gasteiger partial charge in [-0.05, 0) is 58.4 Å². The molecule has 0 radical (unpaired) electrons. The largest absolute Gasteiger partial charge is 0.394 e. The lowest BCUT2D eigenvalue weighted by Crippen LogP contribution is -2.47. The normalized spacial score (nSPS) is 11.0. The minimum atomic E-state index is -0.505. The minimum Gasteiger partial charge on any atom is -0.394 e. The highest BCUT2D eigenvalue weighted by atomic mass is 32.1. The van der Waals surface area contributed by atoms with Gasteiger partial charge in [0, 0.05) is 5.69 Å². The van der Waals surface area contributed by atoms with Crippen LogP contribution in [0.4, 0.5) is 11.4 Å². The van der Waals surface area contributed by atoms with Crippen molar-refractivity contribution >= 4 is 28.7 Å². The highest BCUT2D eigenvalue weighted by Crippen LogP contribution is 2.20. The molecular weight excluding hydrogens is 298 g/mol. The Morgan fingerprint density at radius 1 is 1.41 bits per heavy atom. The number of aliphatic hydroxyl groups is 1. The molecule has 0 fully saturated rings. The monoisotopic (exact) mass is 321 g/mol. The van der Waals surface area contributed by atoms with E-state index in [4.69, 9.17) is 12.2 Å². The van der Waals surface area contributed by atoms with E-state index in [2.05, 4.69) is 22.0 Å². The van der Waals surface area contributed by atoms with E-state index in [1.807, 2.05) is 45.0 Å². The number of nitriles is 1. The van der Waals surface area contributed by atoms with Crippen molar-refractivity contribution in [2.45, 2.75) is 19.4 Å². The van der Waals surface area contributed by atoms with Gasteiger partial charge in [-0.2, -0.15) is 5.26 Å². The van der Waals surface area contributed by atoms with Crippen LogP contribution in [-0.4, -0.2) is 48.0 Å². The molecule has 0 unspecified atom stereocenters. The van der Waals surface area contributed by atoms with Crippen molar-refractivity contribution in [3.63, 3.8) is 0 Å². The molecule has 0 atom stereocenters. The molecule has 0 saturated heterocycles. The zero-order valence-corrected chi connectivity index (χ0v) is 14.2. The Balaban J connectivity index is 2.77. The Labute approximate surface area is 137 Å². The predicted molar refractivity (Wildman–Crippen MR) is 93.9 cm³/mol. The summed E-state index contributed by atoms with van der Waals surface area (Å²) in [6.07, 6.45) is 0. The number of anilines is 2. The van der Waals surface area contributed by atoms with Crippen LogP contribution >= 0.6 is 12.2 Å². The Kier molecular flexibility index (Phi) is 6.56. The number of thiocarbonyl (C=S) groups is 1. The molecule has 6 nitrogen and oxygen atoms in total. The quantitative estimate of drug-likeness (QED) is 0.467. The number of nitrogens with one attached hydrogen (secondary N) is 3. The fourth-order valence-electron chi connectivity index (χ4n) is 1.62. The van der Waals surface area contributed by atoms with Crippen LogP contribution in [0.3, 0.4) is 0 Å². The van der Waals surface area contributed by atoms with Crippen molar-refractivity contribution in [1.82, 2.24) is 10.2 Å². The smallest absolute Gasteiger partial charge is 0.171 e. The van der Waals surface area contributed by atoms with Crippen LogP contribution < -0.4 is 16.0 Å². The van der Waals surface area contributed by atoms with E-state index < -0.39 is 5.54 Å². The second-order valence-electron chi connectivity index (χ2n) is 5.91. The molecule has 120 valence electrons. The molecule has 1 aromatic rings. The standard InChI is InChI=1S/C15H23N5OS/c1-15(2,9-21)19-14(22)18-12-5-6-13(11(7-12)8-16)17-10-20(3)4/h5-7,17,21H,9-10H2,1-4H3,(H2,18,19,22). The number of aliphatic hydroxyl groups excluding tert-OH is 1. The molecular formula is C15H23N5OS. The van der Waals surface area contributed by atoms with E-state index in [1.54, 1.807) is 6.07 Å². The molecule has 0 heterocycles. The average Bonchev–Trinajstić information content (AvgIpc) is 2.44. The lowest BCUT2D eigenvalue weighted by atomic mass is 10.1. The van der Waals surface area contributed by atoms with Crippen molar-refractivity contribution in [3.8, 4) is 6.07 Å². The van der Waals surface area contributed by atoms with E-state index in [0.29, 0.717) is 17.3 Å². The third-order valence-electron chi connectivity index (χ3n) is 2.83. The zero-order valence-electron chi connectivity index (χ0n) is 13.4. The summed E-state index contributed by atoms with van der Waals surface area (Å²) in [5, 5.41) is 28.1. The highest BCUT2D eigenvalue weighted by Gasteiger charge is 2.17. The van der Waals surface area contributed by atoms with Gasteiger partial charge in [-0.15, -0.1) is 0 Å². The molecule has 0 aliphatic carbocycles. The van der Waals surface area contributed by atoms with Gasteiger partial charge >= 0.3 is 0 Å².